The SMILES string of the molecule is CC(C)(C)OC(=O)N[C@@H](CC(=O)O)Cc1cc(F)c(F)cc1F.CC(C)C(N)c1nc(C2CC2)no1.CC(C)C(NC(=O)C[C@@H](Cc1cc(F)c(F)cc1F)NC(=O)OC(C)(C)C)c1nc(C2CC2)no1. The van der Waals surface area contributed by atoms with Crippen molar-refractivity contribution in [2.75, 3.05) is 0 Å². The molecule has 2 aromatic carbocycles. The number of nitrogens with one attached hydrogen (secondary N) is 3. The van der Waals surface area contributed by atoms with Gasteiger partial charge in [-0.2, -0.15) is 9.97 Å². The molecule has 71 heavy (non-hydrogen) atoms. The number of nitrogens with two attached hydrogens (primary N) is 1. The van der Waals surface area contributed by atoms with Gasteiger partial charge in [0.1, 0.15) is 28.9 Å². The highest BCUT2D eigenvalue weighted by molar-refractivity contribution is 5.78. The molecule has 0 radical (unpaired) electrons. The van der Waals surface area contributed by atoms with Crippen LogP contribution in [0.25, 0.3) is 0 Å². The Morgan fingerprint density at radius 1 is 0.634 bits per heavy atom. The van der Waals surface area contributed by atoms with Crippen LogP contribution in [0, 0.1) is 46.7 Å². The number of carbonyl (C=O) groups excluding carboxylic acids is 3. The first kappa shape index (κ1) is 57.3. The van der Waals surface area contributed by atoms with Crippen molar-refractivity contribution in [3.63, 3.8) is 0 Å². The highest BCUT2D eigenvalue weighted by atomic mass is 19.2. The second kappa shape index (κ2) is 24.7. The lowest BCUT2D eigenvalue weighted by Gasteiger charge is -2.25. The van der Waals surface area contributed by atoms with Crippen molar-refractivity contribution in [2.24, 2.45) is 17.6 Å². The van der Waals surface area contributed by atoms with Crippen LogP contribution in [0.4, 0.5) is 35.9 Å². The Bertz CT molecular complexity index is 2450. The summed E-state index contributed by atoms with van der Waals surface area (Å²) in [5.41, 5.74) is 3.82. The smallest absolute Gasteiger partial charge is 0.407 e. The minimum absolute atomic E-state index is 0.0904. The fraction of sp³-hybridized carbons (Fsp3) is 0.583. The summed E-state index contributed by atoms with van der Waals surface area (Å²) in [5, 5.41) is 24.4. The average Bonchev–Trinajstić information content (AvgIpc) is 4.17. The lowest BCUT2D eigenvalue weighted by atomic mass is 10.0. The van der Waals surface area contributed by atoms with Gasteiger partial charge < -0.3 is 45.3 Å². The third-order valence-electron chi connectivity index (χ3n) is 10.5. The fourth-order valence-electron chi connectivity index (χ4n) is 6.50. The quantitative estimate of drug-likeness (QED) is 0.0489. The van der Waals surface area contributed by atoms with Gasteiger partial charge in [-0.1, -0.05) is 38.0 Å². The minimum atomic E-state index is -1.35. The average molecular weight is 1010 g/mol. The van der Waals surface area contributed by atoms with E-state index in [4.69, 9.17) is 29.4 Å². The molecule has 2 aliphatic rings. The monoisotopic (exact) mass is 1010 g/mol. The molecule has 2 saturated carbocycles. The van der Waals surface area contributed by atoms with E-state index in [-0.39, 0.29) is 54.2 Å². The van der Waals surface area contributed by atoms with Crippen LogP contribution >= 0.6 is 0 Å². The normalized spacial score (nSPS) is 15.3. The van der Waals surface area contributed by atoms with Crippen LogP contribution < -0.4 is 21.7 Å². The molecule has 4 atom stereocenters. The number of carbonyl (C=O) groups is 4. The van der Waals surface area contributed by atoms with Crippen LogP contribution in [-0.2, 0) is 31.9 Å². The zero-order chi connectivity index (χ0) is 53.1. The van der Waals surface area contributed by atoms with Crippen LogP contribution in [-0.4, -0.2) is 72.7 Å². The Kier molecular flexibility index (Phi) is 20.0. The van der Waals surface area contributed by atoms with Gasteiger partial charge in [0.15, 0.2) is 34.9 Å². The number of hydrogen-bond donors (Lipinski definition) is 5. The number of amides is 3. The Morgan fingerprint density at radius 2 is 1.03 bits per heavy atom. The molecule has 4 aromatic rings. The first-order valence-corrected chi connectivity index (χ1v) is 23.2. The van der Waals surface area contributed by atoms with Crippen molar-refractivity contribution < 1.29 is 69.1 Å². The topological polar surface area (TPSA) is 247 Å². The molecule has 0 bridgehead atoms. The number of carboxylic acid groups (broad SMARTS) is 1. The number of aromatic nitrogens is 4. The van der Waals surface area contributed by atoms with Crippen molar-refractivity contribution in [2.45, 2.75) is 168 Å². The van der Waals surface area contributed by atoms with Gasteiger partial charge >= 0.3 is 18.2 Å². The number of carboxylic acids is 1. The van der Waals surface area contributed by atoms with Crippen molar-refractivity contribution in [1.82, 2.24) is 36.2 Å². The Balaban J connectivity index is 0.000000259. The van der Waals surface area contributed by atoms with Crippen molar-refractivity contribution in [3.05, 3.63) is 93.7 Å². The van der Waals surface area contributed by atoms with E-state index in [1.165, 1.54) is 12.8 Å². The standard InChI is InChI=1S/C24H31F3N4O4.C15H18F3NO4.C9H15N3O/c1-12(2)20(22-30-21(31-35-22)13-6-7-13)29-19(32)10-15(28-23(33)34-24(3,4)5)8-14-9-17(26)18(27)11-16(14)25;1-15(2,3)23-14(22)19-9(6-13(20)21)4-8-5-11(17)12(18)7-10(8)16;1-5(2)7(10)9-11-8(12-13-9)6-3-4-6/h9,11-13,15,20H,6-8,10H2,1-5H3,(H,28,33)(H,29,32);5,7,9H,4,6H2,1-3H3,(H,19,22)(H,20,21);5-7H,3-4,10H2,1-2H3/t15-,20?;9-;/m11./s1. The van der Waals surface area contributed by atoms with Gasteiger partial charge in [-0.25, -0.2) is 35.9 Å². The molecule has 23 heteroatoms. The number of hydrogen-bond acceptors (Lipinski definition) is 13. The van der Waals surface area contributed by atoms with Gasteiger partial charge in [0, 0.05) is 42.5 Å². The largest absolute Gasteiger partial charge is 0.481 e. The maximum Gasteiger partial charge on any atom is 0.407 e. The van der Waals surface area contributed by atoms with Crippen molar-refractivity contribution in [3.8, 4) is 0 Å². The Labute approximate surface area is 407 Å². The zero-order valence-corrected chi connectivity index (χ0v) is 41.4. The lowest BCUT2D eigenvalue weighted by Crippen LogP contribution is -2.44. The van der Waals surface area contributed by atoms with E-state index in [1.54, 1.807) is 41.5 Å². The third-order valence-corrected chi connectivity index (χ3v) is 10.5. The molecular weight excluding hydrogens is 947 g/mol. The molecule has 0 saturated heterocycles. The van der Waals surface area contributed by atoms with E-state index in [1.807, 2.05) is 27.7 Å². The highest BCUT2D eigenvalue weighted by Gasteiger charge is 2.33. The minimum Gasteiger partial charge on any atom is -0.481 e. The Hall–Kier alpha value is -6.26. The number of benzene rings is 2. The van der Waals surface area contributed by atoms with E-state index >= 15 is 0 Å². The van der Waals surface area contributed by atoms with E-state index in [0.29, 0.717) is 47.8 Å². The first-order chi connectivity index (χ1) is 33.0. The van der Waals surface area contributed by atoms with Gasteiger partial charge in [0.2, 0.25) is 17.7 Å². The van der Waals surface area contributed by atoms with Gasteiger partial charge in [-0.3, -0.25) is 9.59 Å². The maximum absolute atomic E-state index is 14.3. The summed E-state index contributed by atoms with van der Waals surface area (Å²) in [7, 11) is 0. The number of rotatable bonds is 17. The summed E-state index contributed by atoms with van der Waals surface area (Å²) in [6.45, 7) is 17.7. The highest BCUT2D eigenvalue weighted by Crippen LogP contribution is 2.39. The summed E-state index contributed by atoms with van der Waals surface area (Å²) in [5.74, 6) is -5.53. The molecule has 0 spiro atoms. The van der Waals surface area contributed by atoms with Crippen LogP contribution in [0.5, 0.6) is 0 Å². The van der Waals surface area contributed by atoms with Gasteiger partial charge in [0.05, 0.1) is 12.5 Å². The summed E-state index contributed by atoms with van der Waals surface area (Å²) >= 11 is 0. The summed E-state index contributed by atoms with van der Waals surface area (Å²) in [4.78, 5) is 56.5. The van der Waals surface area contributed by atoms with Crippen LogP contribution in [0.2, 0.25) is 0 Å². The molecule has 2 heterocycles. The first-order valence-electron chi connectivity index (χ1n) is 23.2. The summed E-state index contributed by atoms with van der Waals surface area (Å²) in [6, 6.07) is -0.571. The number of nitrogens with zero attached hydrogens (tertiary/aromatic N) is 4. The lowest BCUT2D eigenvalue weighted by molar-refractivity contribution is -0.137. The number of halogens is 6. The van der Waals surface area contributed by atoms with Crippen LogP contribution in [0.3, 0.4) is 0 Å². The predicted molar refractivity (Wildman–Crippen MR) is 243 cm³/mol. The molecule has 0 aliphatic heterocycles. The molecule has 6 N–H and O–H groups in total. The number of ether oxygens (including phenoxy) is 2. The maximum atomic E-state index is 14.3. The van der Waals surface area contributed by atoms with E-state index < -0.39 is 94.7 Å². The predicted octanol–water partition coefficient (Wildman–Crippen LogP) is 9.32. The zero-order valence-electron chi connectivity index (χ0n) is 41.4. The fourth-order valence-corrected chi connectivity index (χ4v) is 6.50. The number of aliphatic carboxylic acids is 1. The molecular formula is C48H64F6N8O9. The van der Waals surface area contributed by atoms with Crippen molar-refractivity contribution in [1.29, 1.82) is 0 Å². The van der Waals surface area contributed by atoms with E-state index in [9.17, 15) is 45.5 Å². The molecule has 2 unspecified atom stereocenters. The second-order valence-electron chi connectivity index (χ2n) is 20.2. The second-order valence-corrected chi connectivity index (χ2v) is 20.2. The van der Waals surface area contributed by atoms with Crippen LogP contribution in [0.15, 0.2) is 33.3 Å². The molecule has 2 aromatic heterocycles. The molecule has 17 nitrogen and oxygen atoms in total. The van der Waals surface area contributed by atoms with Gasteiger partial charge in [-0.15, -0.1) is 0 Å². The number of alkyl carbamates (subject to hydrolysis) is 2. The van der Waals surface area contributed by atoms with E-state index in [0.717, 1.165) is 18.7 Å². The third kappa shape index (κ3) is 19.5. The van der Waals surface area contributed by atoms with Crippen LogP contribution in [0.1, 0.15) is 166 Å². The molecule has 6 rings (SSSR count). The Morgan fingerprint density at radius 3 is 1.41 bits per heavy atom. The van der Waals surface area contributed by atoms with E-state index in [2.05, 4.69) is 36.2 Å². The van der Waals surface area contributed by atoms with Crippen molar-refractivity contribution >= 4 is 24.1 Å². The molecule has 2 aliphatic carbocycles. The summed E-state index contributed by atoms with van der Waals surface area (Å²) in [6.07, 6.45) is 1.25. The van der Waals surface area contributed by atoms with Gasteiger partial charge in [0.25, 0.3) is 0 Å². The summed E-state index contributed by atoms with van der Waals surface area (Å²) < 4.78 is 102. The molecule has 2 fully saturated rings. The molecule has 392 valence electrons. The molecule has 3 amide bonds. The van der Waals surface area contributed by atoms with Gasteiger partial charge in [-0.05, 0) is 115 Å².